The van der Waals surface area contributed by atoms with Gasteiger partial charge in [0, 0.05) is 22.7 Å². The van der Waals surface area contributed by atoms with E-state index in [4.69, 9.17) is 11.6 Å². The molecular formula is C25H20ClFN2O. The number of carbonyl (C=O) groups excluding carboxylic acids is 1. The molecule has 0 unspecified atom stereocenters. The minimum absolute atomic E-state index is 0.0143. The van der Waals surface area contributed by atoms with Crippen molar-refractivity contribution in [2.24, 2.45) is 0 Å². The van der Waals surface area contributed by atoms with Crippen LogP contribution in [0, 0.1) is 5.82 Å². The van der Waals surface area contributed by atoms with Crippen LogP contribution >= 0.6 is 11.6 Å². The Balaban J connectivity index is 1.60. The van der Waals surface area contributed by atoms with Crippen LogP contribution in [0.15, 0.2) is 84.1 Å². The first kappa shape index (κ1) is 18.9. The van der Waals surface area contributed by atoms with Crippen LogP contribution in [0.4, 0.5) is 15.8 Å². The van der Waals surface area contributed by atoms with Gasteiger partial charge in [0.15, 0.2) is 5.78 Å². The SMILES string of the molecule is O=C1C[C@@H](c2ccc(F)cc2)CC2=C1[C@H](c1ccc(Cl)cc1)Nc1ccccc1N2. The Bertz CT molecular complexity index is 1140. The van der Waals surface area contributed by atoms with Crippen molar-refractivity contribution in [3.63, 3.8) is 0 Å². The topological polar surface area (TPSA) is 41.1 Å². The van der Waals surface area contributed by atoms with E-state index in [0.29, 0.717) is 17.9 Å². The molecule has 1 aliphatic heterocycles. The lowest BCUT2D eigenvalue weighted by atomic mass is 9.78. The van der Waals surface area contributed by atoms with E-state index in [-0.39, 0.29) is 23.6 Å². The molecule has 1 heterocycles. The molecule has 5 rings (SSSR count). The lowest BCUT2D eigenvalue weighted by Crippen LogP contribution is -2.26. The molecule has 1 aliphatic carbocycles. The number of ketones is 1. The Morgan fingerprint density at radius 1 is 0.833 bits per heavy atom. The van der Waals surface area contributed by atoms with Gasteiger partial charge >= 0.3 is 0 Å². The lowest BCUT2D eigenvalue weighted by molar-refractivity contribution is -0.116. The largest absolute Gasteiger partial charge is 0.372 e. The second kappa shape index (κ2) is 7.62. The number of rotatable bonds is 2. The summed E-state index contributed by atoms with van der Waals surface area (Å²) in [6, 6.07) is 21.7. The van der Waals surface area contributed by atoms with Crippen LogP contribution in [0.5, 0.6) is 0 Å². The number of fused-ring (bicyclic) bond motifs is 1. The molecule has 2 atom stereocenters. The maximum Gasteiger partial charge on any atom is 0.163 e. The van der Waals surface area contributed by atoms with Crippen molar-refractivity contribution in [2.75, 3.05) is 10.6 Å². The van der Waals surface area contributed by atoms with E-state index in [9.17, 15) is 9.18 Å². The zero-order chi connectivity index (χ0) is 20.7. The molecule has 30 heavy (non-hydrogen) atoms. The van der Waals surface area contributed by atoms with Gasteiger partial charge in [0.2, 0.25) is 0 Å². The summed E-state index contributed by atoms with van der Waals surface area (Å²) >= 11 is 6.09. The Labute approximate surface area is 179 Å². The number of allylic oxidation sites excluding steroid dienone is 1. The van der Waals surface area contributed by atoms with Crippen LogP contribution in [-0.2, 0) is 4.79 Å². The Morgan fingerprint density at radius 2 is 1.50 bits per heavy atom. The third-order valence-electron chi connectivity index (χ3n) is 5.85. The number of carbonyl (C=O) groups is 1. The number of para-hydroxylation sites is 2. The van der Waals surface area contributed by atoms with Crippen LogP contribution in [0.1, 0.15) is 35.9 Å². The van der Waals surface area contributed by atoms with Gasteiger partial charge in [-0.05, 0) is 59.9 Å². The van der Waals surface area contributed by atoms with Gasteiger partial charge < -0.3 is 10.6 Å². The molecule has 3 nitrogen and oxygen atoms in total. The van der Waals surface area contributed by atoms with Crippen LogP contribution in [-0.4, -0.2) is 5.78 Å². The minimum atomic E-state index is -0.269. The zero-order valence-electron chi connectivity index (χ0n) is 16.2. The molecule has 0 saturated carbocycles. The molecule has 0 spiro atoms. The summed E-state index contributed by atoms with van der Waals surface area (Å²) in [6.07, 6.45) is 1.08. The highest BCUT2D eigenvalue weighted by molar-refractivity contribution is 6.30. The highest BCUT2D eigenvalue weighted by Gasteiger charge is 2.36. The van der Waals surface area contributed by atoms with E-state index in [1.54, 1.807) is 12.1 Å². The van der Waals surface area contributed by atoms with Gasteiger partial charge in [-0.2, -0.15) is 0 Å². The number of anilines is 2. The van der Waals surface area contributed by atoms with E-state index in [2.05, 4.69) is 10.6 Å². The van der Waals surface area contributed by atoms with Crippen molar-refractivity contribution in [1.29, 1.82) is 0 Å². The molecule has 0 saturated heterocycles. The smallest absolute Gasteiger partial charge is 0.163 e. The number of halogens is 2. The highest BCUT2D eigenvalue weighted by Crippen LogP contribution is 2.44. The van der Waals surface area contributed by atoms with Crippen molar-refractivity contribution in [2.45, 2.75) is 24.8 Å². The summed E-state index contributed by atoms with van der Waals surface area (Å²) in [4.78, 5) is 13.4. The summed E-state index contributed by atoms with van der Waals surface area (Å²) in [5.41, 5.74) is 5.52. The first-order valence-electron chi connectivity index (χ1n) is 9.98. The molecule has 3 aromatic rings. The molecule has 0 amide bonds. The number of Topliss-reactive ketones (excluding diaryl/α,β-unsaturated/α-hetero) is 1. The van der Waals surface area contributed by atoms with Crippen LogP contribution < -0.4 is 10.6 Å². The third kappa shape index (κ3) is 3.48. The number of hydrogen-bond donors (Lipinski definition) is 2. The molecule has 0 aromatic heterocycles. The number of nitrogens with one attached hydrogen (secondary N) is 2. The molecule has 2 N–H and O–H groups in total. The lowest BCUT2D eigenvalue weighted by Gasteiger charge is -2.30. The molecule has 2 aliphatic rings. The predicted molar refractivity (Wildman–Crippen MR) is 118 cm³/mol. The summed E-state index contributed by atoms with van der Waals surface area (Å²) in [7, 11) is 0. The predicted octanol–water partition coefficient (Wildman–Crippen LogP) is 6.46. The monoisotopic (exact) mass is 418 g/mol. The standard InChI is InChI=1S/C25H20ClFN2O/c26-18-9-5-16(6-10-18)25-24-22(28-20-3-1-2-4-21(20)29-25)13-17(14-23(24)30)15-7-11-19(27)12-8-15/h1-12,17,25,28-29H,13-14H2/t17-,25-/m0/s1. The fraction of sp³-hybridized carbons (Fsp3) is 0.160. The quantitative estimate of drug-likeness (QED) is 0.501. The van der Waals surface area contributed by atoms with E-state index in [1.807, 2.05) is 48.5 Å². The van der Waals surface area contributed by atoms with E-state index in [1.165, 1.54) is 12.1 Å². The van der Waals surface area contributed by atoms with E-state index in [0.717, 1.165) is 33.8 Å². The van der Waals surface area contributed by atoms with E-state index < -0.39 is 0 Å². The third-order valence-corrected chi connectivity index (χ3v) is 6.11. The van der Waals surface area contributed by atoms with Crippen LogP contribution in [0.3, 0.4) is 0 Å². The number of benzene rings is 3. The van der Waals surface area contributed by atoms with Crippen LogP contribution in [0.2, 0.25) is 5.02 Å². The Kier molecular flexibility index (Phi) is 4.80. The summed E-state index contributed by atoms with van der Waals surface area (Å²) in [5, 5.41) is 7.72. The van der Waals surface area contributed by atoms with E-state index >= 15 is 0 Å². The van der Waals surface area contributed by atoms with Crippen LogP contribution in [0.25, 0.3) is 0 Å². The molecule has 150 valence electrons. The fourth-order valence-electron chi connectivity index (χ4n) is 4.37. The molecule has 0 fully saturated rings. The zero-order valence-corrected chi connectivity index (χ0v) is 16.9. The van der Waals surface area contributed by atoms with Gasteiger partial charge in [-0.3, -0.25) is 4.79 Å². The molecule has 0 radical (unpaired) electrons. The Hall–Kier alpha value is -3.11. The van der Waals surface area contributed by atoms with Crippen molar-refractivity contribution in [1.82, 2.24) is 0 Å². The molecule has 5 heteroatoms. The van der Waals surface area contributed by atoms with Crippen molar-refractivity contribution < 1.29 is 9.18 Å². The molecule has 0 bridgehead atoms. The highest BCUT2D eigenvalue weighted by atomic mass is 35.5. The van der Waals surface area contributed by atoms with Crippen molar-refractivity contribution in [3.8, 4) is 0 Å². The number of hydrogen-bond acceptors (Lipinski definition) is 3. The molecule has 3 aromatic carbocycles. The maximum absolute atomic E-state index is 13.4. The van der Waals surface area contributed by atoms with Gasteiger partial charge in [-0.15, -0.1) is 0 Å². The normalized spacial score (nSPS) is 20.5. The van der Waals surface area contributed by atoms with Gasteiger partial charge in [0.25, 0.3) is 0 Å². The summed E-state index contributed by atoms with van der Waals surface area (Å²) in [5.74, 6) is -0.159. The average Bonchev–Trinajstić information content (AvgIpc) is 2.91. The summed E-state index contributed by atoms with van der Waals surface area (Å²) in [6.45, 7) is 0. The fourth-order valence-corrected chi connectivity index (χ4v) is 4.49. The maximum atomic E-state index is 13.4. The Morgan fingerprint density at radius 3 is 2.23 bits per heavy atom. The van der Waals surface area contributed by atoms with Crippen molar-refractivity contribution in [3.05, 3.63) is 106 Å². The minimum Gasteiger partial charge on any atom is -0.372 e. The average molecular weight is 419 g/mol. The second-order valence-corrected chi connectivity index (χ2v) is 8.21. The van der Waals surface area contributed by atoms with Gasteiger partial charge in [0.05, 0.1) is 17.4 Å². The van der Waals surface area contributed by atoms with Gasteiger partial charge in [0.1, 0.15) is 5.82 Å². The summed E-state index contributed by atoms with van der Waals surface area (Å²) < 4.78 is 13.4. The van der Waals surface area contributed by atoms with Gasteiger partial charge in [-0.1, -0.05) is 48.0 Å². The first-order chi connectivity index (χ1) is 14.6. The van der Waals surface area contributed by atoms with Gasteiger partial charge in [-0.25, -0.2) is 4.39 Å². The molecular weight excluding hydrogens is 399 g/mol. The van der Waals surface area contributed by atoms with Crippen molar-refractivity contribution >= 4 is 28.8 Å². The first-order valence-corrected chi connectivity index (χ1v) is 10.4. The second-order valence-electron chi connectivity index (χ2n) is 7.77.